The third kappa shape index (κ3) is 4.24. The fourth-order valence-electron chi connectivity index (χ4n) is 4.54. The first kappa shape index (κ1) is 20.9. The molecule has 0 radical (unpaired) electrons. The molecule has 1 aliphatic heterocycles. The number of aromatic nitrogens is 2. The number of nitrogens with zero attached hydrogens (tertiary/aromatic N) is 3. The minimum absolute atomic E-state index is 0.0595. The van der Waals surface area contributed by atoms with Gasteiger partial charge >= 0.3 is 0 Å². The van der Waals surface area contributed by atoms with E-state index in [9.17, 15) is 13.2 Å². The van der Waals surface area contributed by atoms with Crippen molar-refractivity contribution in [2.45, 2.75) is 50.6 Å². The molecule has 1 atom stereocenters. The van der Waals surface area contributed by atoms with E-state index in [1.165, 1.54) is 6.42 Å². The number of ether oxygens (including phenoxy) is 1. The van der Waals surface area contributed by atoms with Gasteiger partial charge in [0.1, 0.15) is 5.75 Å². The van der Waals surface area contributed by atoms with Gasteiger partial charge in [0.2, 0.25) is 0 Å². The van der Waals surface area contributed by atoms with Crippen LogP contribution in [0.3, 0.4) is 0 Å². The number of benzene rings is 1. The first-order valence-corrected chi connectivity index (χ1v) is 12.4. The quantitative estimate of drug-likeness (QED) is 0.725. The molecule has 0 spiro atoms. The van der Waals surface area contributed by atoms with Crippen molar-refractivity contribution in [3.63, 3.8) is 0 Å². The van der Waals surface area contributed by atoms with Crippen molar-refractivity contribution < 1.29 is 17.9 Å². The molecule has 4 rings (SSSR count). The molecule has 1 aliphatic carbocycles. The first-order chi connectivity index (χ1) is 14.4. The largest absolute Gasteiger partial charge is 0.497 e. The number of sulfone groups is 1. The molecule has 0 bridgehead atoms. The Morgan fingerprint density at radius 2 is 1.83 bits per heavy atom. The van der Waals surface area contributed by atoms with E-state index in [0.717, 1.165) is 42.7 Å². The minimum Gasteiger partial charge on any atom is -0.497 e. The Balaban J connectivity index is 1.68. The predicted molar refractivity (Wildman–Crippen MR) is 115 cm³/mol. The molecule has 7 nitrogen and oxygen atoms in total. The molecule has 1 saturated heterocycles. The number of hydrogen-bond acceptors (Lipinski definition) is 5. The standard InChI is InChI=1S/C22H29N3O4S/c1-24(17-6-4-3-5-7-17)22(26)20-14-21(16-8-10-19(29-2)11-9-16)25(23-20)18-12-13-30(27,28)15-18/h8-11,14,17-18H,3-7,12-13,15H2,1-2H3/t18-/m1/s1. The lowest BCUT2D eigenvalue weighted by molar-refractivity contribution is 0.0689. The zero-order valence-corrected chi connectivity index (χ0v) is 18.4. The molecule has 2 aromatic rings. The Morgan fingerprint density at radius 1 is 1.13 bits per heavy atom. The summed E-state index contributed by atoms with van der Waals surface area (Å²) in [4.78, 5) is 15.0. The van der Waals surface area contributed by atoms with Crippen molar-refractivity contribution in [3.8, 4) is 17.0 Å². The second-order valence-corrected chi connectivity index (χ2v) is 10.6. The zero-order chi connectivity index (χ0) is 21.3. The van der Waals surface area contributed by atoms with Crippen LogP contribution in [0, 0.1) is 0 Å². The van der Waals surface area contributed by atoms with Crippen LogP contribution in [0.5, 0.6) is 5.75 Å². The lowest BCUT2D eigenvalue weighted by Gasteiger charge is -2.30. The molecular formula is C22H29N3O4S. The van der Waals surface area contributed by atoms with Gasteiger partial charge in [0.15, 0.2) is 15.5 Å². The van der Waals surface area contributed by atoms with E-state index in [4.69, 9.17) is 4.74 Å². The van der Waals surface area contributed by atoms with E-state index in [0.29, 0.717) is 12.1 Å². The molecule has 1 aromatic heterocycles. The van der Waals surface area contributed by atoms with Crippen molar-refractivity contribution >= 4 is 15.7 Å². The SMILES string of the molecule is COc1ccc(-c2cc(C(=O)N(C)C3CCCCC3)nn2[C@@H]2CCS(=O)(=O)C2)cc1. The van der Waals surface area contributed by atoms with Crippen molar-refractivity contribution in [1.82, 2.24) is 14.7 Å². The third-order valence-electron chi connectivity index (χ3n) is 6.34. The molecule has 30 heavy (non-hydrogen) atoms. The third-order valence-corrected chi connectivity index (χ3v) is 8.09. The van der Waals surface area contributed by atoms with Crippen LogP contribution in [-0.2, 0) is 9.84 Å². The summed E-state index contributed by atoms with van der Waals surface area (Å²) in [6, 6.07) is 9.32. The first-order valence-electron chi connectivity index (χ1n) is 10.6. The van der Waals surface area contributed by atoms with Gasteiger partial charge in [-0.1, -0.05) is 19.3 Å². The lowest BCUT2D eigenvalue weighted by atomic mass is 9.94. The second-order valence-electron chi connectivity index (χ2n) is 8.35. The van der Waals surface area contributed by atoms with Gasteiger partial charge in [-0.25, -0.2) is 8.42 Å². The monoisotopic (exact) mass is 431 g/mol. The van der Waals surface area contributed by atoms with E-state index in [1.807, 2.05) is 36.2 Å². The van der Waals surface area contributed by atoms with E-state index in [2.05, 4.69) is 5.10 Å². The Morgan fingerprint density at radius 3 is 2.43 bits per heavy atom. The van der Waals surface area contributed by atoms with Crippen molar-refractivity contribution in [2.75, 3.05) is 25.7 Å². The van der Waals surface area contributed by atoms with Crippen molar-refractivity contribution in [3.05, 3.63) is 36.0 Å². The molecule has 8 heteroatoms. The van der Waals surface area contributed by atoms with E-state index >= 15 is 0 Å². The van der Waals surface area contributed by atoms with Gasteiger partial charge in [-0.2, -0.15) is 5.10 Å². The van der Waals surface area contributed by atoms with Crippen LogP contribution in [0.15, 0.2) is 30.3 Å². The van der Waals surface area contributed by atoms with Gasteiger partial charge < -0.3 is 9.64 Å². The number of methoxy groups -OCH3 is 1. The fraction of sp³-hybridized carbons (Fsp3) is 0.545. The molecule has 1 amide bonds. The fourth-order valence-corrected chi connectivity index (χ4v) is 6.23. The van der Waals surface area contributed by atoms with Gasteiger partial charge in [0.05, 0.1) is 30.4 Å². The highest BCUT2D eigenvalue weighted by atomic mass is 32.2. The van der Waals surface area contributed by atoms with Gasteiger partial charge in [-0.15, -0.1) is 0 Å². The smallest absolute Gasteiger partial charge is 0.274 e. The van der Waals surface area contributed by atoms with Crippen LogP contribution in [0.2, 0.25) is 0 Å². The van der Waals surface area contributed by atoms with E-state index in [-0.39, 0.29) is 29.5 Å². The average Bonchev–Trinajstić information content (AvgIpc) is 3.36. The number of carbonyl (C=O) groups is 1. The topological polar surface area (TPSA) is 81.5 Å². The van der Waals surface area contributed by atoms with Crippen molar-refractivity contribution in [1.29, 1.82) is 0 Å². The van der Waals surface area contributed by atoms with Crippen LogP contribution in [0.4, 0.5) is 0 Å². The Hall–Kier alpha value is -2.35. The molecule has 2 fully saturated rings. The van der Waals surface area contributed by atoms with Gasteiger partial charge in [-0.3, -0.25) is 9.48 Å². The Labute approximate surface area is 177 Å². The van der Waals surface area contributed by atoms with Crippen LogP contribution in [0.25, 0.3) is 11.3 Å². The van der Waals surface area contributed by atoms with Crippen molar-refractivity contribution in [2.24, 2.45) is 0 Å². The summed E-state index contributed by atoms with van der Waals surface area (Å²) < 4.78 is 31.1. The predicted octanol–water partition coefficient (Wildman–Crippen LogP) is 3.32. The van der Waals surface area contributed by atoms with E-state index < -0.39 is 9.84 Å². The number of rotatable bonds is 5. The highest BCUT2D eigenvalue weighted by molar-refractivity contribution is 7.91. The number of carbonyl (C=O) groups excluding carboxylic acids is 1. The van der Waals surface area contributed by atoms with Crippen LogP contribution in [0.1, 0.15) is 55.1 Å². The summed E-state index contributed by atoms with van der Waals surface area (Å²) in [6.45, 7) is 0. The highest BCUT2D eigenvalue weighted by Gasteiger charge is 2.33. The summed E-state index contributed by atoms with van der Waals surface area (Å²) >= 11 is 0. The highest BCUT2D eigenvalue weighted by Crippen LogP contribution is 2.32. The van der Waals surface area contributed by atoms with E-state index in [1.54, 1.807) is 17.9 Å². The maximum Gasteiger partial charge on any atom is 0.274 e. The van der Waals surface area contributed by atoms with Crippen LogP contribution >= 0.6 is 0 Å². The molecule has 0 N–H and O–H groups in total. The summed E-state index contributed by atoms with van der Waals surface area (Å²) in [7, 11) is 0.389. The molecule has 2 heterocycles. The zero-order valence-electron chi connectivity index (χ0n) is 17.6. The number of amides is 1. The summed E-state index contributed by atoms with van der Waals surface area (Å²) in [5.41, 5.74) is 2.02. The Bertz CT molecular complexity index is 1010. The molecular weight excluding hydrogens is 402 g/mol. The molecule has 1 aromatic carbocycles. The average molecular weight is 432 g/mol. The Kier molecular flexibility index (Phi) is 5.86. The number of hydrogen-bond donors (Lipinski definition) is 0. The normalized spacial score (nSPS) is 21.5. The lowest BCUT2D eigenvalue weighted by Crippen LogP contribution is -2.38. The summed E-state index contributed by atoms with van der Waals surface area (Å²) in [5.74, 6) is 0.854. The molecule has 2 aliphatic rings. The molecule has 162 valence electrons. The van der Waals surface area contributed by atoms with Crippen LogP contribution < -0.4 is 4.74 Å². The summed E-state index contributed by atoms with van der Waals surface area (Å²) in [5, 5.41) is 4.62. The second kappa shape index (κ2) is 8.41. The van der Waals surface area contributed by atoms with Crippen LogP contribution in [-0.4, -0.2) is 60.7 Å². The van der Waals surface area contributed by atoms with Gasteiger partial charge in [0, 0.05) is 18.7 Å². The maximum atomic E-state index is 13.2. The molecule has 1 saturated carbocycles. The van der Waals surface area contributed by atoms with Gasteiger partial charge in [0.25, 0.3) is 5.91 Å². The summed E-state index contributed by atoms with van der Waals surface area (Å²) in [6.07, 6.45) is 6.08. The minimum atomic E-state index is -3.07. The molecule has 0 unspecified atom stereocenters. The maximum absolute atomic E-state index is 13.2. The van der Waals surface area contributed by atoms with Gasteiger partial charge in [-0.05, 0) is 49.6 Å².